The third-order valence-electron chi connectivity index (χ3n) is 2.64. The Balaban J connectivity index is 2.03. The third-order valence-corrected chi connectivity index (χ3v) is 3.13. The number of nitrogens with zero attached hydrogens (tertiary/aromatic N) is 2. The van der Waals surface area contributed by atoms with Gasteiger partial charge in [0, 0.05) is 28.8 Å². The van der Waals surface area contributed by atoms with Crippen LogP contribution < -0.4 is 5.32 Å². The van der Waals surface area contributed by atoms with Gasteiger partial charge in [-0.25, -0.2) is 4.39 Å². The molecule has 94 valence electrons. The second-order valence-electron chi connectivity index (χ2n) is 3.98. The molecule has 0 saturated carbocycles. The summed E-state index contributed by atoms with van der Waals surface area (Å²) in [6.45, 7) is 2.47. The Morgan fingerprint density at radius 1 is 1.39 bits per heavy atom. The van der Waals surface area contributed by atoms with Crippen molar-refractivity contribution in [3.63, 3.8) is 0 Å². The molecule has 1 heterocycles. The van der Waals surface area contributed by atoms with Crippen molar-refractivity contribution in [2.75, 3.05) is 0 Å². The summed E-state index contributed by atoms with van der Waals surface area (Å²) in [7, 11) is 0. The number of hydrogen-bond acceptors (Lipinski definition) is 3. The summed E-state index contributed by atoms with van der Waals surface area (Å²) in [5.74, 6) is -0.211. The van der Waals surface area contributed by atoms with Crippen LogP contribution in [0.4, 0.5) is 4.39 Å². The lowest BCUT2D eigenvalue weighted by molar-refractivity contribution is 0.522. The van der Waals surface area contributed by atoms with Gasteiger partial charge in [0.15, 0.2) is 0 Å². The van der Waals surface area contributed by atoms with Gasteiger partial charge in [0.25, 0.3) is 0 Å². The molecule has 2 rings (SSSR count). The van der Waals surface area contributed by atoms with Gasteiger partial charge in [-0.05, 0) is 37.3 Å². The maximum absolute atomic E-state index is 13.7. The van der Waals surface area contributed by atoms with Crippen molar-refractivity contribution in [3.05, 3.63) is 58.1 Å². The van der Waals surface area contributed by atoms with E-state index in [2.05, 4.69) is 31.4 Å². The molecule has 0 saturated heterocycles. The first-order valence-electron chi connectivity index (χ1n) is 5.61. The third kappa shape index (κ3) is 3.34. The van der Waals surface area contributed by atoms with Gasteiger partial charge in [0.2, 0.25) is 0 Å². The van der Waals surface area contributed by atoms with Crippen molar-refractivity contribution in [1.82, 2.24) is 15.5 Å². The fourth-order valence-electron chi connectivity index (χ4n) is 1.64. The van der Waals surface area contributed by atoms with Gasteiger partial charge in [0.1, 0.15) is 5.82 Å². The number of hydrogen-bond donors (Lipinski definition) is 1. The van der Waals surface area contributed by atoms with Crippen LogP contribution in [0.25, 0.3) is 0 Å². The van der Waals surface area contributed by atoms with E-state index in [1.165, 1.54) is 6.07 Å². The number of benzene rings is 1. The SMILES string of the molecule is CC(NCc1cccnn1)c1cc(Br)ccc1F. The molecular weight excluding hydrogens is 297 g/mol. The summed E-state index contributed by atoms with van der Waals surface area (Å²) in [5.41, 5.74) is 1.47. The van der Waals surface area contributed by atoms with Gasteiger partial charge < -0.3 is 5.32 Å². The minimum Gasteiger partial charge on any atom is -0.304 e. The predicted octanol–water partition coefficient (Wildman–Crippen LogP) is 3.23. The van der Waals surface area contributed by atoms with E-state index in [4.69, 9.17) is 0 Å². The molecule has 3 nitrogen and oxygen atoms in total. The fraction of sp³-hybridized carbons (Fsp3) is 0.231. The van der Waals surface area contributed by atoms with Crippen molar-refractivity contribution < 1.29 is 4.39 Å². The van der Waals surface area contributed by atoms with Gasteiger partial charge in [-0.1, -0.05) is 15.9 Å². The monoisotopic (exact) mass is 309 g/mol. The topological polar surface area (TPSA) is 37.8 Å². The highest BCUT2D eigenvalue weighted by atomic mass is 79.9. The highest BCUT2D eigenvalue weighted by Crippen LogP contribution is 2.21. The van der Waals surface area contributed by atoms with Gasteiger partial charge >= 0.3 is 0 Å². The average molecular weight is 310 g/mol. The lowest BCUT2D eigenvalue weighted by atomic mass is 10.1. The maximum atomic E-state index is 13.7. The Morgan fingerprint density at radius 2 is 2.22 bits per heavy atom. The standard InChI is InChI=1S/C13H13BrFN3/c1-9(12-7-10(14)4-5-13(12)15)16-8-11-3-2-6-17-18-11/h2-7,9,16H,8H2,1H3. The smallest absolute Gasteiger partial charge is 0.128 e. The van der Waals surface area contributed by atoms with Gasteiger partial charge in [-0.2, -0.15) is 10.2 Å². The van der Waals surface area contributed by atoms with E-state index in [0.29, 0.717) is 12.1 Å². The fourth-order valence-corrected chi connectivity index (χ4v) is 2.02. The highest BCUT2D eigenvalue weighted by molar-refractivity contribution is 9.10. The van der Waals surface area contributed by atoms with E-state index >= 15 is 0 Å². The summed E-state index contributed by atoms with van der Waals surface area (Å²) in [5, 5.41) is 11.0. The highest BCUT2D eigenvalue weighted by Gasteiger charge is 2.11. The number of aromatic nitrogens is 2. The Labute approximate surface area is 114 Å². The van der Waals surface area contributed by atoms with Crippen LogP contribution in [-0.2, 0) is 6.54 Å². The molecule has 0 amide bonds. The van der Waals surface area contributed by atoms with Gasteiger partial charge in [-0.3, -0.25) is 0 Å². The molecule has 0 radical (unpaired) electrons. The van der Waals surface area contributed by atoms with E-state index in [1.807, 2.05) is 19.1 Å². The van der Waals surface area contributed by atoms with Crippen LogP contribution in [0.1, 0.15) is 24.2 Å². The van der Waals surface area contributed by atoms with Crippen molar-refractivity contribution in [3.8, 4) is 0 Å². The summed E-state index contributed by atoms with van der Waals surface area (Å²) in [6.07, 6.45) is 1.63. The molecule has 1 N–H and O–H groups in total. The molecule has 1 atom stereocenters. The zero-order valence-corrected chi connectivity index (χ0v) is 11.5. The van der Waals surface area contributed by atoms with Gasteiger partial charge in [0.05, 0.1) is 5.69 Å². The number of rotatable bonds is 4. The largest absolute Gasteiger partial charge is 0.304 e. The van der Waals surface area contributed by atoms with E-state index in [0.717, 1.165) is 10.2 Å². The lowest BCUT2D eigenvalue weighted by Crippen LogP contribution is -2.20. The second kappa shape index (κ2) is 6.02. The van der Waals surface area contributed by atoms with Crippen molar-refractivity contribution in [2.45, 2.75) is 19.5 Å². The molecule has 0 fully saturated rings. The van der Waals surface area contributed by atoms with E-state index in [9.17, 15) is 4.39 Å². The van der Waals surface area contributed by atoms with Crippen LogP contribution in [0, 0.1) is 5.82 Å². The van der Waals surface area contributed by atoms with Crippen LogP contribution in [0.15, 0.2) is 41.0 Å². The molecule has 1 aromatic heterocycles. The summed E-state index contributed by atoms with van der Waals surface area (Å²) in [6, 6.07) is 8.54. The summed E-state index contributed by atoms with van der Waals surface area (Å²) >= 11 is 3.34. The Hall–Kier alpha value is -1.33. The van der Waals surface area contributed by atoms with Crippen LogP contribution in [0.2, 0.25) is 0 Å². The molecule has 0 aliphatic carbocycles. The van der Waals surface area contributed by atoms with E-state index < -0.39 is 0 Å². The first-order chi connectivity index (χ1) is 8.66. The Morgan fingerprint density at radius 3 is 2.94 bits per heavy atom. The molecule has 0 aliphatic rings. The van der Waals surface area contributed by atoms with Gasteiger partial charge in [-0.15, -0.1) is 0 Å². The minimum absolute atomic E-state index is 0.0930. The normalized spacial score (nSPS) is 12.4. The number of nitrogens with one attached hydrogen (secondary N) is 1. The first kappa shape index (κ1) is 13.1. The quantitative estimate of drug-likeness (QED) is 0.942. The zero-order valence-electron chi connectivity index (χ0n) is 9.90. The van der Waals surface area contributed by atoms with E-state index in [-0.39, 0.29) is 11.9 Å². The predicted molar refractivity (Wildman–Crippen MR) is 71.4 cm³/mol. The van der Waals surface area contributed by atoms with Crippen LogP contribution in [0.5, 0.6) is 0 Å². The van der Waals surface area contributed by atoms with Crippen molar-refractivity contribution >= 4 is 15.9 Å². The minimum atomic E-state index is -0.211. The molecule has 1 aromatic carbocycles. The van der Waals surface area contributed by atoms with Crippen molar-refractivity contribution in [1.29, 1.82) is 0 Å². The van der Waals surface area contributed by atoms with Crippen molar-refractivity contribution in [2.24, 2.45) is 0 Å². The molecule has 0 aliphatic heterocycles. The first-order valence-corrected chi connectivity index (χ1v) is 6.41. The molecule has 5 heteroatoms. The van der Waals surface area contributed by atoms with E-state index in [1.54, 1.807) is 18.3 Å². The van der Waals surface area contributed by atoms with Crippen LogP contribution >= 0.6 is 15.9 Å². The second-order valence-corrected chi connectivity index (χ2v) is 4.90. The zero-order chi connectivity index (χ0) is 13.0. The van der Waals surface area contributed by atoms with Crippen LogP contribution in [-0.4, -0.2) is 10.2 Å². The molecule has 1 unspecified atom stereocenters. The average Bonchev–Trinajstić information content (AvgIpc) is 2.40. The van der Waals surface area contributed by atoms with Crippen LogP contribution in [0.3, 0.4) is 0 Å². The lowest BCUT2D eigenvalue weighted by Gasteiger charge is -2.14. The Kier molecular flexibility index (Phi) is 4.38. The molecule has 0 spiro atoms. The maximum Gasteiger partial charge on any atom is 0.128 e. The summed E-state index contributed by atoms with van der Waals surface area (Å²) in [4.78, 5) is 0. The number of halogens is 2. The molecule has 18 heavy (non-hydrogen) atoms. The Bertz CT molecular complexity index is 519. The molecule has 0 bridgehead atoms. The summed E-state index contributed by atoms with van der Waals surface area (Å²) < 4.78 is 14.5. The molecular formula is C13H13BrFN3. The molecule has 2 aromatic rings.